The Balaban J connectivity index is 2.04. The van der Waals surface area contributed by atoms with E-state index >= 15 is 0 Å². The molecular formula is C24H34BrNO4SSi. The van der Waals surface area contributed by atoms with Crippen LogP contribution >= 0.6 is 15.9 Å². The predicted octanol–water partition coefficient (Wildman–Crippen LogP) is 5.91. The van der Waals surface area contributed by atoms with E-state index in [0.29, 0.717) is 18.6 Å². The van der Waals surface area contributed by atoms with Crippen molar-refractivity contribution in [1.29, 1.82) is 0 Å². The second-order valence-electron chi connectivity index (χ2n) is 10.2. The molecular weight excluding hydrogens is 506 g/mol. The number of halogens is 1. The lowest BCUT2D eigenvalue weighted by Crippen LogP contribution is -2.50. The minimum absolute atomic E-state index is 0.0287. The Bertz CT molecular complexity index is 1110. The summed E-state index contributed by atoms with van der Waals surface area (Å²) in [6, 6.07) is 8.43. The summed E-state index contributed by atoms with van der Waals surface area (Å²) < 4.78 is 36.2. The minimum Gasteiger partial charge on any atom is -0.507 e. The van der Waals surface area contributed by atoms with Crippen LogP contribution in [0.1, 0.15) is 43.0 Å². The maximum absolute atomic E-state index is 13.7. The van der Waals surface area contributed by atoms with Gasteiger partial charge in [0.1, 0.15) is 5.75 Å². The summed E-state index contributed by atoms with van der Waals surface area (Å²) in [6.07, 6.45) is 0.508. The van der Waals surface area contributed by atoms with E-state index in [0.717, 1.165) is 21.2 Å². The number of hydrogen-bond acceptors (Lipinski definition) is 4. The van der Waals surface area contributed by atoms with Crippen molar-refractivity contribution in [3.63, 3.8) is 0 Å². The maximum Gasteiger partial charge on any atom is 0.243 e. The molecule has 0 aromatic heterocycles. The van der Waals surface area contributed by atoms with Gasteiger partial charge in [-0.05, 0) is 79.4 Å². The Hall–Kier alpha value is -1.19. The summed E-state index contributed by atoms with van der Waals surface area (Å²) in [5.74, 6) is 0.194. The van der Waals surface area contributed by atoms with E-state index in [1.165, 1.54) is 4.31 Å². The zero-order chi connectivity index (χ0) is 24.1. The second-order valence-corrected chi connectivity index (χ2v) is 17.9. The largest absolute Gasteiger partial charge is 0.507 e. The first-order chi connectivity index (χ1) is 14.6. The molecule has 0 radical (unpaired) electrons. The van der Waals surface area contributed by atoms with Gasteiger partial charge in [0.05, 0.1) is 17.5 Å². The van der Waals surface area contributed by atoms with Crippen LogP contribution in [0.25, 0.3) is 0 Å². The normalized spacial score (nSPS) is 17.9. The van der Waals surface area contributed by atoms with Crippen molar-refractivity contribution in [2.75, 3.05) is 6.61 Å². The lowest BCUT2D eigenvalue weighted by Gasteiger charge is -2.41. The molecule has 1 aliphatic rings. The number of nitrogens with zero attached hydrogens (tertiary/aromatic N) is 1. The number of aromatic hydroxyl groups is 1. The summed E-state index contributed by atoms with van der Waals surface area (Å²) in [5.41, 5.74) is 3.49. The van der Waals surface area contributed by atoms with Crippen molar-refractivity contribution in [3.05, 3.63) is 57.1 Å². The van der Waals surface area contributed by atoms with Crippen molar-refractivity contribution < 1.29 is 18.0 Å². The Morgan fingerprint density at radius 1 is 1.19 bits per heavy atom. The van der Waals surface area contributed by atoms with Crippen LogP contribution in [0.2, 0.25) is 18.1 Å². The van der Waals surface area contributed by atoms with Crippen molar-refractivity contribution in [3.8, 4) is 5.75 Å². The molecule has 1 heterocycles. The third-order valence-corrected chi connectivity index (χ3v) is 14.0. The van der Waals surface area contributed by atoms with Gasteiger partial charge in [0.15, 0.2) is 8.32 Å². The molecule has 1 atom stereocenters. The number of fused-ring (bicyclic) bond motifs is 1. The van der Waals surface area contributed by atoms with E-state index in [1.807, 2.05) is 13.8 Å². The molecule has 2 aromatic carbocycles. The Morgan fingerprint density at radius 3 is 2.34 bits per heavy atom. The smallest absolute Gasteiger partial charge is 0.243 e. The quantitative estimate of drug-likeness (QED) is 0.479. The number of rotatable bonds is 5. The molecule has 0 fully saturated rings. The van der Waals surface area contributed by atoms with Gasteiger partial charge in [-0.2, -0.15) is 4.31 Å². The molecule has 0 amide bonds. The highest BCUT2D eigenvalue weighted by Gasteiger charge is 2.41. The molecule has 0 saturated heterocycles. The molecule has 5 nitrogen and oxygen atoms in total. The van der Waals surface area contributed by atoms with Crippen LogP contribution in [0.4, 0.5) is 0 Å². The highest BCUT2D eigenvalue weighted by atomic mass is 79.9. The molecule has 0 aliphatic carbocycles. The Morgan fingerprint density at radius 2 is 1.78 bits per heavy atom. The molecule has 176 valence electrons. The first-order valence-corrected chi connectivity index (χ1v) is 16.0. The average molecular weight is 541 g/mol. The number of phenolic OH excluding ortho intramolecular Hbond substituents is 1. The lowest BCUT2D eigenvalue weighted by molar-refractivity contribution is 0.175. The lowest BCUT2D eigenvalue weighted by atomic mass is 9.91. The summed E-state index contributed by atoms with van der Waals surface area (Å²) in [6.45, 7) is 15.2. The summed E-state index contributed by atoms with van der Waals surface area (Å²) in [5, 5.41) is 10.8. The molecule has 0 saturated carbocycles. The zero-order valence-corrected chi connectivity index (χ0v) is 23.4. The first-order valence-electron chi connectivity index (χ1n) is 10.9. The van der Waals surface area contributed by atoms with Gasteiger partial charge < -0.3 is 9.53 Å². The topological polar surface area (TPSA) is 66.8 Å². The van der Waals surface area contributed by atoms with E-state index in [1.54, 1.807) is 24.3 Å². The van der Waals surface area contributed by atoms with Gasteiger partial charge in [0.2, 0.25) is 10.0 Å². The van der Waals surface area contributed by atoms with Crippen LogP contribution in [0.3, 0.4) is 0 Å². The highest BCUT2D eigenvalue weighted by molar-refractivity contribution is 9.10. The van der Waals surface area contributed by atoms with Crippen LogP contribution < -0.4 is 0 Å². The van der Waals surface area contributed by atoms with Crippen LogP contribution in [-0.4, -0.2) is 38.8 Å². The monoisotopic (exact) mass is 539 g/mol. The molecule has 32 heavy (non-hydrogen) atoms. The van der Waals surface area contributed by atoms with Crippen molar-refractivity contribution in [2.24, 2.45) is 0 Å². The van der Waals surface area contributed by atoms with Crippen molar-refractivity contribution in [1.82, 2.24) is 4.31 Å². The van der Waals surface area contributed by atoms with Crippen LogP contribution in [0.15, 0.2) is 39.7 Å². The van der Waals surface area contributed by atoms with Crippen LogP contribution in [0.5, 0.6) is 5.75 Å². The fourth-order valence-corrected chi connectivity index (χ4v) is 6.59. The Kier molecular flexibility index (Phi) is 7.05. The van der Waals surface area contributed by atoms with Crippen molar-refractivity contribution in [2.45, 2.75) is 76.7 Å². The molecule has 0 spiro atoms. The molecule has 0 unspecified atom stereocenters. The van der Waals surface area contributed by atoms with E-state index < -0.39 is 18.3 Å². The number of phenols is 1. The van der Waals surface area contributed by atoms with Crippen LogP contribution in [0, 0.1) is 13.8 Å². The maximum atomic E-state index is 13.7. The fraction of sp³-hybridized carbons (Fsp3) is 0.500. The molecule has 2 aromatic rings. The van der Waals surface area contributed by atoms with Gasteiger partial charge in [-0.25, -0.2) is 8.42 Å². The average Bonchev–Trinajstić information content (AvgIpc) is 2.69. The number of aryl methyl sites for hydroxylation is 1. The molecule has 1 N–H and O–H groups in total. The third-order valence-electron chi connectivity index (χ3n) is 7.05. The van der Waals surface area contributed by atoms with E-state index in [-0.39, 0.29) is 28.3 Å². The van der Waals surface area contributed by atoms with E-state index in [2.05, 4.69) is 55.9 Å². The number of sulfonamides is 1. The molecule has 8 heteroatoms. The predicted molar refractivity (Wildman–Crippen MR) is 135 cm³/mol. The molecule has 1 aliphatic heterocycles. The van der Waals surface area contributed by atoms with Gasteiger partial charge in [0, 0.05) is 16.6 Å². The van der Waals surface area contributed by atoms with E-state index in [4.69, 9.17) is 4.43 Å². The van der Waals surface area contributed by atoms with Gasteiger partial charge in [-0.15, -0.1) is 0 Å². The van der Waals surface area contributed by atoms with Gasteiger partial charge in [0.25, 0.3) is 0 Å². The SMILES string of the molecule is Cc1cc2c(c(O)c1C)CN(S(=O)(=O)c1ccc(Br)cc1)[C@@H](CO[Si](C)(C)C(C)(C)C)C2. The van der Waals surface area contributed by atoms with Crippen molar-refractivity contribution >= 4 is 34.3 Å². The zero-order valence-electron chi connectivity index (χ0n) is 20.0. The highest BCUT2D eigenvalue weighted by Crippen LogP contribution is 2.39. The van der Waals surface area contributed by atoms with Gasteiger partial charge >= 0.3 is 0 Å². The fourth-order valence-electron chi connectivity index (χ4n) is 3.71. The molecule has 0 bridgehead atoms. The molecule has 3 rings (SSSR count). The van der Waals surface area contributed by atoms with Gasteiger partial charge in [-0.3, -0.25) is 0 Å². The summed E-state index contributed by atoms with van der Waals surface area (Å²) >= 11 is 3.37. The summed E-state index contributed by atoms with van der Waals surface area (Å²) in [7, 11) is -5.84. The number of hydrogen-bond donors (Lipinski definition) is 1. The number of benzene rings is 2. The van der Waals surface area contributed by atoms with Gasteiger partial charge in [-0.1, -0.05) is 42.8 Å². The minimum atomic E-state index is -3.78. The van der Waals surface area contributed by atoms with Crippen LogP contribution in [-0.2, 0) is 27.4 Å². The third kappa shape index (κ3) is 4.84. The summed E-state index contributed by atoms with van der Waals surface area (Å²) in [4.78, 5) is 0.241. The standard InChI is InChI=1S/C24H34BrNO4SSi/c1-16-12-18-13-20(15-30-32(6,7)24(3,4)5)26(14-22(18)23(27)17(16)2)31(28,29)21-10-8-19(25)9-11-21/h8-12,20,27H,13-15H2,1-7H3/t20-/m1/s1. The Labute approximate surface area is 202 Å². The van der Waals surface area contributed by atoms with E-state index in [9.17, 15) is 13.5 Å². The first kappa shape index (κ1) is 25.4. The second kappa shape index (κ2) is 8.87.